The highest BCUT2D eigenvalue weighted by Gasteiger charge is 2.44. The highest BCUT2D eigenvalue weighted by molar-refractivity contribution is 5.92. The van der Waals surface area contributed by atoms with Crippen molar-refractivity contribution in [1.29, 1.82) is 0 Å². The van der Waals surface area contributed by atoms with Gasteiger partial charge in [0.05, 0.1) is 42.7 Å². The number of hydrogen-bond acceptors (Lipinski definition) is 10. The molecule has 0 unspecified atom stereocenters. The topological polar surface area (TPSA) is 226 Å². The zero-order valence-electron chi connectivity index (χ0n) is 41.6. The van der Waals surface area contributed by atoms with Gasteiger partial charge in [-0.15, -0.1) is 0 Å². The highest BCUT2D eigenvalue weighted by atomic mass is 16.5. The third-order valence-electron chi connectivity index (χ3n) is 14.3. The molecule has 3 fully saturated rings. The Bertz CT molecular complexity index is 1790. The standard InChI is InChI=1S/C50H81N7O10/c1-10-32(4)44(40(66-8)29-42(59)56-27-19-24-39(56)45(67-9)33(5)46(60)53-37(50(64)65)28-35-20-13-11-14-21-35)55(7)49(63)43(31(2)3)54-47(61)34(6)57(36-22-16-17-23-36)41(58)25-15-12-18-26-51-48(62)38-30-52-38/h11,13-14,20-21,31-34,36-40,43-45,52H,10,12,15-19,22-30H2,1-9H3,(H,51,62)(H,53,60)(H,54,61)(H,64,65)/t32-,33+,34-,37-,38-,39-,40+,43-,44-,45+/m0/s1. The molecule has 4 rings (SSSR count). The summed E-state index contributed by atoms with van der Waals surface area (Å²) >= 11 is 0. The maximum absolute atomic E-state index is 14.6. The number of carbonyl (C=O) groups excluding carboxylic acids is 6. The summed E-state index contributed by atoms with van der Waals surface area (Å²) in [6, 6.07) is 5.03. The van der Waals surface area contributed by atoms with Crippen molar-refractivity contribution in [2.45, 2.75) is 180 Å². The van der Waals surface area contributed by atoms with E-state index in [4.69, 9.17) is 9.47 Å². The minimum Gasteiger partial charge on any atom is -0.480 e. The lowest BCUT2D eigenvalue weighted by Crippen LogP contribution is -2.60. The number of benzene rings is 1. The first-order chi connectivity index (χ1) is 31.9. The molecular weight excluding hydrogens is 859 g/mol. The van der Waals surface area contributed by atoms with Crippen LogP contribution in [0.5, 0.6) is 0 Å². The molecule has 1 saturated carbocycles. The number of likely N-dealkylation sites (N-methyl/N-ethyl adjacent to an activating group) is 1. The molecule has 17 nitrogen and oxygen atoms in total. The van der Waals surface area contributed by atoms with Gasteiger partial charge in [0.1, 0.15) is 18.1 Å². The van der Waals surface area contributed by atoms with Crippen molar-refractivity contribution in [3.8, 4) is 0 Å². The van der Waals surface area contributed by atoms with E-state index in [1.54, 1.807) is 47.7 Å². The van der Waals surface area contributed by atoms with Crippen LogP contribution in [-0.2, 0) is 49.5 Å². The maximum atomic E-state index is 14.6. The Hall–Kier alpha value is -4.61. The molecule has 0 radical (unpaired) electrons. The lowest BCUT2D eigenvalue weighted by atomic mass is 9.89. The number of unbranched alkanes of at least 4 members (excludes halogenated alkanes) is 2. The fraction of sp³-hybridized carbons (Fsp3) is 0.740. The van der Waals surface area contributed by atoms with Gasteiger partial charge in [-0.2, -0.15) is 0 Å². The van der Waals surface area contributed by atoms with E-state index < -0.39 is 66.1 Å². The Morgan fingerprint density at radius 1 is 0.881 bits per heavy atom. The van der Waals surface area contributed by atoms with Crippen LogP contribution in [0.2, 0.25) is 0 Å². The van der Waals surface area contributed by atoms with E-state index in [0.717, 1.165) is 44.1 Å². The fourth-order valence-electron chi connectivity index (χ4n) is 10.00. The number of carbonyl (C=O) groups is 7. The summed E-state index contributed by atoms with van der Waals surface area (Å²) in [7, 11) is 4.70. The van der Waals surface area contributed by atoms with Crippen LogP contribution in [0.25, 0.3) is 0 Å². The highest BCUT2D eigenvalue weighted by Crippen LogP contribution is 2.31. The number of likely N-dealkylation sites (tertiary alicyclic amines) is 1. The van der Waals surface area contributed by atoms with Crippen molar-refractivity contribution in [1.82, 2.24) is 36.0 Å². The summed E-state index contributed by atoms with van der Waals surface area (Å²) < 4.78 is 12.0. The van der Waals surface area contributed by atoms with E-state index in [9.17, 15) is 38.7 Å². The van der Waals surface area contributed by atoms with E-state index in [0.29, 0.717) is 45.3 Å². The van der Waals surface area contributed by atoms with Crippen LogP contribution in [0.3, 0.4) is 0 Å². The van der Waals surface area contributed by atoms with Crippen molar-refractivity contribution >= 4 is 41.4 Å². The van der Waals surface area contributed by atoms with Gasteiger partial charge in [0, 0.05) is 59.8 Å². The van der Waals surface area contributed by atoms with Crippen molar-refractivity contribution < 1.29 is 48.1 Å². The zero-order chi connectivity index (χ0) is 49.4. The molecule has 1 aliphatic carbocycles. The van der Waals surface area contributed by atoms with Gasteiger partial charge in [-0.05, 0) is 62.8 Å². The van der Waals surface area contributed by atoms with E-state index in [1.807, 2.05) is 45.9 Å². The van der Waals surface area contributed by atoms with Gasteiger partial charge >= 0.3 is 5.97 Å². The first-order valence-corrected chi connectivity index (χ1v) is 24.8. The quantitative estimate of drug-likeness (QED) is 0.0602. The second-order valence-corrected chi connectivity index (χ2v) is 19.4. The van der Waals surface area contributed by atoms with E-state index in [2.05, 4.69) is 21.3 Å². The smallest absolute Gasteiger partial charge is 0.326 e. The van der Waals surface area contributed by atoms with Crippen LogP contribution in [0, 0.1) is 17.8 Å². The third kappa shape index (κ3) is 15.4. The molecule has 0 aromatic heterocycles. The molecule has 0 spiro atoms. The largest absolute Gasteiger partial charge is 0.480 e. The number of hydrogen-bond donors (Lipinski definition) is 5. The van der Waals surface area contributed by atoms with Crippen LogP contribution in [0.1, 0.15) is 124 Å². The number of methoxy groups -OCH3 is 2. The molecule has 17 heteroatoms. The van der Waals surface area contributed by atoms with Crippen LogP contribution in [0.4, 0.5) is 0 Å². The zero-order valence-corrected chi connectivity index (χ0v) is 41.6. The van der Waals surface area contributed by atoms with E-state index >= 15 is 0 Å². The average molecular weight is 940 g/mol. The number of carboxylic acids is 1. The Morgan fingerprint density at radius 2 is 1.55 bits per heavy atom. The lowest BCUT2D eigenvalue weighted by molar-refractivity contribution is -0.149. The van der Waals surface area contributed by atoms with E-state index in [-0.39, 0.29) is 66.8 Å². The molecule has 3 aliphatic rings. The molecule has 5 N–H and O–H groups in total. The average Bonchev–Trinajstić information content (AvgIpc) is 3.81. The SMILES string of the molecule is CC[C@H](C)[C@@H]([C@@H](CC(=O)N1CCC[C@H]1[C@H](OC)[C@@H](C)C(=O)N[C@@H](Cc1ccccc1)C(=O)O)OC)N(C)C(=O)[C@@H](NC(=O)[C@H](C)N(C(=O)CCCCCNC(=O)[C@@H]1CN1)C1CCCC1)C(C)C. The lowest BCUT2D eigenvalue weighted by Gasteiger charge is -2.41. The normalized spacial score (nSPS) is 20.7. The molecule has 6 amide bonds. The number of aliphatic carboxylic acids is 1. The minimum absolute atomic E-state index is 0.00541. The summed E-state index contributed by atoms with van der Waals surface area (Å²) in [5, 5.41) is 21.6. The monoisotopic (exact) mass is 940 g/mol. The number of amides is 6. The van der Waals surface area contributed by atoms with Crippen LogP contribution in [0.15, 0.2) is 30.3 Å². The maximum Gasteiger partial charge on any atom is 0.326 e. The Morgan fingerprint density at radius 3 is 2.13 bits per heavy atom. The molecule has 0 bridgehead atoms. The van der Waals surface area contributed by atoms with Gasteiger partial charge in [0.2, 0.25) is 35.4 Å². The second kappa shape index (κ2) is 26.8. The van der Waals surface area contributed by atoms with Gasteiger partial charge in [0.15, 0.2) is 0 Å². The summed E-state index contributed by atoms with van der Waals surface area (Å²) in [6.45, 7) is 12.9. The van der Waals surface area contributed by atoms with Crippen LogP contribution >= 0.6 is 0 Å². The van der Waals surface area contributed by atoms with Gasteiger partial charge in [0.25, 0.3) is 0 Å². The van der Waals surface area contributed by atoms with Crippen molar-refractivity contribution in [2.75, 3.05) is 40.9 Å². The van der Waals surface area contributed by atoms with Gasteiger partial charge in [-0.3, -0.25) is 28.8 Å². The van der Waals surface area contributed by atoms with E-state index in [1.165, 1.54) is 14.2 Å². The number of ether oxygens (including phenoxy) is 2. The Balaban J connectivity index is 1.42. The van der Waals surface area contributed by atoms with Crippen molar-refractivity contribution in [3.63, 3.8) is 0 Å². The van der Waals surface area contributed by atoms with Crippen LogP contribution in [-0.4, -0.2) is 157 Å². The number of nitrogens with zero attached hydrogens (tertiary/aromatic N) is 3. The second-order valence-electron chi connectivity index (χ2n) is 19.4. The Labute approximate surface area is 398 Å². The molecule has 2 heterocycles. The molecule has 67 heavy (non-hydrogen) atoms. The molecule has 2 saturated heterocycles. The molecule has 10 atom stereocenters. The summed E-state index contributed by atoms with van der Waals surface area (Å²) in [5.74, 6) is -3.88. The molecular formula is C50H81N7O10. The molecule has 376 valence electrons. The minimum atomic E-state index is -1.15. The Kier molecular flexibility index (Phi) is 22.0. The van der Waals surface area contributed by atoms with Crippen LogP contribution < -0.4 is 21.3 Å². The van der Waals surface area contributed by atoms with Gasteiger partial charge in [-0.1, -0.05) is 90.6 Å². The number of nitrogens with one attached hydrogen (secondary N) is 4. The predicted molar refractivity (Wildman–Crippen MR) is 254 cm³/mol. The first kappa shape index (κ1) is 55.0. The first-order valence-electron chi connectivity index (χ1n) is 24.8. The number of carboxylic acid groups (broad SMARTS) is 1. The molecule has 1 aromatic rings. The molecule has 2 aliphatic heterocycles. The number of rotatable bonds is 28. The van der Waals surface area contributed by atoms with Gasteiger partial charge < -0.3 is 50.5 Å². The molecule has 1 aromatic carbocycles. The van der Waals surface area contributed by atoms with Crippen molar-refractivity contribution in [2.24, 2.45) is 17.8 Å². The summed E-state index contributed by atoms with van der Waals surface area (Å²) in [5.41, 5.74) is 0.771. The fourth-order valence-corrected chi connectivity index (χ4v) is 10.00. The summed E-state index contributed by atoms with van der Waals surface area (Å²) in [6.07, 6.45) is 6.56. The third-order valence-corrected chi connectivity index (χ3v) is 14.3. The van der Waals surface area contributed by atoms with Gasteiger partial charge in [-0.25, -0.2) is 4.79 Å². The van der Waals surface area contributed by atoms with Crippen molar-refractivity contribution in [3.05, 3.63) is 35.9 Å². The predicted octanol–water partition coefficient (Wildman–Crippen LogP) is 3.67. The summed E-state index contributed by atoms with van der Waals surface area (Å²) in [4.78, 5) is 99.8.